The SMILES string of the molecule is CCN(CC)CCc1nc2c(s1)CCC2C(=O)O. The highest BCUT2D eigenvalue weighted by Crippen LogP contribution is 2.36. The topological polar surface area (TPSA) is 53.4 Å². The summed E-state index contributed by atoms with van der Waals surface area (Å²) in [7, 11) is 0. The summed E-state index contributed by atoms with van der Waals surface area (Å²) in [6, 6.07) is 0. The smallest absolute Gasteiger partial charge is 0.312 e. The predicted octanol–water partition coefficient (Wildman–Crippen LogP) is 2.14. The van der Waals surface area contributed by atoms with Gasteiger partial charge >= 0.3 is 5.97 Å². The molecule has 2 rings (SSSR count). The second-order valence-electron chi connectivity index (χ2n) is 4.62. The van der Waals surface area contributed by atoms with Crippen molar-refractivity contribution < 1.29 is 9.90 Å². The van der Waals surface area contributed by atoms with Gasteiger partial charge in [0, 0.05) is 17.8 Å². The van der Waals surface area contributed by atoms with Crippen molar-refractivity contribution in [3.63, 3.8) is 0 Å². The van der Waals surface area contributed by atoms with E-state index in [-0.39, 0.29) is 5.92 Å². The van der Waals surface area contributed by atoms with Crippen molar-refractivity contribution in [2.45, 2.75) is 39.0 Å². The van der Waals surface area contributed by atoms with Crippen LogP contribution in [0, 0.1) is 0 Å². The second-order valence-corrected chi connectivity index (χ2v) is 5.79. The molecule has 1 N–H and O–H groups in total. The first-order chi connectivity index (χ1) is 8.65. The molecule has 1 aliphatic carbocycles. The van der Waals surface area contributed by atoms with Gasteiger partial charge in [-0.15, -0.1) is 11.3 Å². The summed E-state index contributed by atoms with van der Waals surface area (Å²) in [6.45, 7) is 7.44. The van der Waals surface area contributed by atoms with Gasteiger partial charge in [0.1, 0.15) is 5.92 Å². The number of nitrogens with zero attached hydrogens (tertiary/aromatic N) is 2. The van der Waals surface area contributed by atoms with E-state index in [0.717, 1.165) is 49.6 Å². The minimum Gasteiger partial charge on any atom is -0.481 e. The molecule has 1 atom stereocenters. The van der Waals surface area contributed by atoms with E-state index in [1.807, 2.05) is 0 Å². The van der Waals surface area contributed by atoms with Crippen molar-refractivity contribution >= 4 is 17.3 Å². The fourth-order valence-corrected chi connectivity index (χ4v) is 3.55. The van der Waals surface area contributed by atoms with E-state index in [1.165, 1.54) is 4.88 Å². The van der Waals surface area contributed by atoms with Crippen LogP contribution in [0.3, 0.4) is 0 Å². The van der Waals surface area contributed by atoms with Crippen LogP contribution in [-0.4, -0.2) is 40.6 Å². The normalized spacial score (nSPS) is 18.3. The molecule has 4 nitrogen and oxygen atoms in total. The number of likely N-dealkylation sites (N-methyl/N-ethyl adjacent to an activating group) is 1. The van der Waals surface area contributed by atoms with E-state index >= 15 is 0 Å². The zero-order valence-electron chi connectivity index (χ0n) is 11.0. The maximum atomic E-state index is 11.1. The van der Waals surface area contributed by atoms with Crippen LogP contribution in [0.4, 0.5) is 0 Å². The molecular formula is C13H20N2O2S. The fourth-order valence-electron chi connectivity index (χ4n) is 2.42. The minimum atomic E-state index is -0.727. The maximum absolute atomic E-state index is 11.1. The highest BCUT2D eigenvalue weighted by atomic mass is 32.1. The summed E-state index contributed by atoms with van der Waals surface area (Å²) in [5, 5.41) is 10.2. The van der Waals surface area contributed by atoms with Gasteiger partial charge in [0.15, 0.2) is 0 Å². The van der Waals surface area contributed by atoms with Gasteiger partial charge in [0.2, 0.25) is 0 Å². The number of aryl methyl sites for hydroxylation is 1. The Kier molecular flexibility index (Phi) is 4.35. The lowest BCUT2D eigenvalue weighted by molar-refractivity contribution is -0.138. The Morgan fingerprint density at radius 2 is 2.22 bits per heavy atom. The third-order valence-electron chi connectivity index (χ3n) is 3.60. The molecule has 5 heteroatoms. The van der Waals surface area contributed by atoms with Crippen LogP contribution in [0.15, 0.2) is 0 Å². The van der Waals surface area contributed by atoms with Gasteiger partial charge in [0.25, 0.3) is 0 Å². The lowest BCUT2D eigenvalue weighted by Gasteiger charge is -2.16. The Hall–Kier alpha value is -0.940. The number of hydrogen-bond acceptors (Lipinski definition) is 4. The average molecular weight is 268 g/mol. The molecular weight excluding hydrogens is 248 g/mol. The summed E-state index contributed by atoms with van der Waals surface area (Å²) in [4.78, 5) is 19.2. The van der Waals surface area contributed by atoms with Crippen molar-refractivity contribution in [2.24, 2.45) is 0 Å². The molecule has 100 valence electrons. The van der Waals surface area contributed by atoms with Crippen molar-refractivity contribution in [3.8, 4) is 0 Å². The van der Waals surface area contributed by atoms with Gasteiger partial charge in [-0.3, -0.25) is 4.79 Å². The highest BCUT2D eigenvalue weighted by molar-refractivity contribution is 7.11. The van der Waals surface area contributed by atoms with Gasteiger partial charge < -0.3 is 10.0 Å². The van der Waals surface area contributed by atoms with Gasteiger partial charge in [-0.2, -0.15) is 0 Å². The monoisotopic (exact) mass is 268 g/mol. The Bertz CT molecular complexity index is 427. The van der Waals surface area contributed by atoms with Gasteiger partial charge in [-0.25, -0.2) is 4.98 Å². The number of hydrogen-bond donors (Lipinski definition) is 1. The van der Waals surface area contributed by atoms with Crippen LogP contribution >= 0.6 is 11.3 Å². The summed E-state index contributed by atoms with van der Waals surface area (Å²) < 4.78 is 0. The highest BCUT2D eigenvalue weighted by Gasteiger charge is 2.32. The molecule has 0 saturated heterocycles. The number of carbonyl (C=O) groups is 1. The number of carboxylic acid groups (broad SMARTS) is 1. The minimum absolute atomic E-state index is 0.363. The van der Waals surface area contributed by atoms with Crippen LogP contribution in [0.25, 0.3) is 0 Å². The molecule has 0 amide bonds. The largest absolute Gasteiger partial charge is 0.481 e. The number of rotatable bonds is 6. The fraction of sp³-hybridized carbons (Fsp3) is 0.692. The zero-order valence-corrected chi connectivity index (χ0v) is 11.8. The van der Waals surface area contributed by atoms with Crippen molar-refractivity contribution in [1.82, 2.24) is 9.88 Å². The Balaban J connectivity index is 2.01. The summed E-state index contributed by atoms with van der Waals surface area (Å²) >= 11 is 1.71. The standard InChI is InChI=1S/C13H20N2O2S/c1-3-15(4-2)8-7-11-14-12-9(13(16)17)5-6-10(12)18-11/h9H,3-8H2,1-2H3,(H,16,17). The Morgan fingerprint density at radius 3 is 2.83 bits per heavy atom. The van der Waals surface area contributed by atoms with E-state index < -0.39 is 5.97 Å². The van der Waals surface area contributed by atoms with Gasteiger partial charge in [-0.05, 0) is 25.9 Å². The lowest BCUT2D eigenvalue weighted by atomic mass is 10.1. The Labute approximate surface area is 112 Å². The maximum Gasteiger partial charge on any atom is 0.312 e. The first-order valence-electron chi connectivity index (χ1n) is 6.59. The first kappa shape index (κ1) is 13.5. The lowest BCUT2D eigenvalue weighted by Crippen LogP contribution is -2.25. The molecule has 1 heterocycles. The van der Waals surface area contributed by atoms with Crippen molar-refractivity contribution in [3.05, 3.63) is 15.6 Å². The molecule has 18 heavy (non-hydrogen) atoms. The third kappa shape index (κ3) is 2.72. The van der Waals surface area contributed by atoms with Gasteiger partial charge in [0.05, 0.1) is 10.7 Å². The molecule has 0 fully saturated rings. The third-order valence-corrected chi connectivity index (χ3v) is 4.79. The number of thiazole rings is 1. The average Bonchev–Trinajstić information content (AvgIpc) is 2.89. The van der Waals surface area contributed by atoms with Crippen LogP contribution in [0.5, 0.6) is 0 Å². The van der Waals surface area contributed by atoms with Crippen molar-refractivity contribution in [1.29, 1.82) is 0 Å². The molecule has 0 saturated carbocycles. The van der Waals surface area contributed by atoms with Crippen LogP contribution < -0.4 is 0 Å². The Morgan fingerprint density at radius 1 is 1.50 bits per heavy atom. The van der Waals surface area contributed by atoms with Crippen LogP contribution in [-0.2, 0) is 17.6 Å². The molecule has 1 aliphatic rings. The van der Waals surface area contributed by atoms with E-state index in [2.05, 4.69) is 23.7 Å². The second kappa shape index (κ2) is 5.80. The molecule has 0 radical (unpaired) electrons. The number of aromatic nitrogens is 1. The van der Waals surface area contributed by atoms with E-state index in [9.17, 15) is 4.79 Å². The molecule has 1 unspecified atom stereocenters. The molecule has 0 aliphatic heterocycles. The van der Waals surface area contributed by atoms with Crippen LogP contribution in [0.2, 0.25) is 0 Å². The molecule has 1 aromatic heterocycles. The molecule has 0 bridgehead atoms. The van der Waals surface area contributed by atoms with E-state index in [1.54, 1.807) is 11.3 Å². The first-order valence-corrected chi connectivity index (χ1v) is 7.41. The number of carboxylic acids is 1. The van der Waals surface area contributed by atoms with Gasteiger partial charge in [-0.1, -0.05) is 13.8 Å². The number of fused-ring (bicyclic) bond motifs is 1. The predicted molar refractivity (Wildman–Crippen MR) is 72.3 cm³/mol. The summed E-state index contributed by atoms with van der Waals surface area (Å²) in [5.41, 5.74) is 0.835. The molecule has 1 aromatic rings. The van der Waals surface area contributed by atoms with Crippen LogP contribution in [0.1, 0.15) is 41.8 Å². The zero-order chi connectivity index (χ0) is 13.1. The molecule has 0 aromatic carbocycles. The summed E-state index contributed by atoms with van der Waals surface area (Å²) in [6.07, 6.45) is 2.54. The number of aliphatic carboxylic acids is 1. The van der Waals surface area contributed by atoms with E-state index in [4.69, 9.17) is 5.11 Å². The quantitative estimate of drug-likeness (QED) is 0.859. The van der Waals surface area contributed by atoms with E-state index in [0.29, 0.717) is 0 Å². The summed E-state index contributed by atoms with van der Waals surface area (Å²) in [5.74, 6) is -1.09. The molecule has 0 spiro atoms. The van der Waals surface area contributed by atoms with Crippen molar-refractivity contribution in [2.75, 3.05) is 19.6 Å².